The minimum atomic E-state index is -0.372. The molecule has 0 aliphatic carbocycles. The maximum atomic E-state index is 11.2. The SMILES string of the molecule is C/C=C(\C)N1CCN(C(=O)CO)CC1.C=C1NC(C)C(C)(C)C/C1=C(/N=CC)c1ccc(OC2CCOCC2)c(C#N)c1.CCC. The zero-order chi connectivity index (χ0) is 34.3. The molecule has 0 bridgehead atoms. The molecule has 3 aliphatic rings. The molecule has 3 saturated heterocycles. The molecule has 1 unspecified atom stereocenters. The summed E-state index contributed by atoms with van der Waals surface area (Å²) in [6.07, 6.45) is 7.77. The van der Waals surface area contributed by atoms with Gasteiger partial charge in [-0.1, -0.05) is 46.8 Å². The Morgan fingerprint density at radius 3 is 2.35 bits per heavy atom. The number of amides is 1. The van der Waals surface area contributed by atoms with Crippen LogP contribution in [0.25, 0.3) is 5.70 Å². The van der Waals surface area contributed by atoms with Crippen molar-refractivity contribution in [3.63, 3.8) is 0 Å². The number of aliphatic hydroxyl groups is 1. The number of rotatable bonds is 6. The second-order valence-electron chi connectivity index (χ2n) is 12.6. The standard InChI is InChI=1S/C24H31N3O2.C10H18N2O2.C3H8/c1-6-26-23(21-14-24(4,5)17(3)27-16(21)2)18-7-8-22(19(13-18)15-25)29-20-9-11-28-12-10-20;1-3-9(2)11-4-6-12(7-5-11)10(14)8-13;1-3-2/h6-8,13,17,20,27H,2,9-12,14H2,1,3-5H3;3,13H,4-8H2,1-2H3;3H2,1-2H3/b23-21-,26-6?;9-3+;. The highest BCUT2D eigenvalue weighted by molar-refractivity contribution is 5.79. The number of nitrogens with one attached hydrogen (secondary N) is 1. The van der Waals surface area contributed by atoms with Crippen molar-refractivity contribution in [2.75, 3.05) is 46.0 Å². The minimum Gasteiger partial charge on any atom is -0.489 e. The Hall–Kier alpha value is -3.61. The number of piperidine rings is 1. The van der Waals surface area contributed by atoms with E-state index in [0.717, 1.165) is 54.9 Å². The van der Waals surface area contributed by atoms with Gasteiger partial charge in [0.25, 0.3) is 0 Å². The number of aliphatic imine (C=N–C) groups is 1. The number of carbonyl (C=O) groups is 1. The van der Waals surface area contributed by atoms with Crippen molar-refractivity contribution >= 4 is 17.8 Å². The van der Waals surface area contributed by atoms with Gasteiger partial charge in [-0.15, -0.1) is 0 Å². The van der Waals surface area contributed by atoms with E-state index in [1.165, 1.54) is 12.1 Å². The fraction of sp³-hybridized carbons (Fsp3) is 0.595. The number of ether oxygens (including phenoxy) is 2. The van der Waals surface area contributed by atoms with Crippen molar-refractivity contribution in [1.82, 2.24) is 15.1 Å². The van der Waals surface area contributed by atoms with Crippen molar-refractivity contribution in [3.8, 4) is 11.8 Å². The lowest BCUT2D eigenvalue weighted by Gasteiger charge is -2.40. The van der Waals surface area contributed by atoms with Crippen molar-refractivity contribution in [2.24, 2.45) is 10.4 Å². The molecule has 3 aliphatic heterocycles. The van der Waals surface area contributed by atoms with Gasteiger partial charge >= 0.3 is 0 Å². The first-order chi connectivity index (χ1) is 22.0. The van der Waals surface area contributed by atoms with Crippen LogP contribution in [0.3, 0.4) is 0 Å². The molecule has 0 saturated carbocycles. The van der Waals surface area contributed by atoms with Crippen molar-refractivity contribution < 1.29 is 19.4 Å². The number of aliphatic hydroxyl groups excluding tert-OH is 1. The van der Waals surface area contributed by atoms with E-state index in [0.29, 0.717) is 43.7 Å². The number of hydrogen-bond acceptors (Lipinski definition) is 8. The summed E-state index contributed by atoms with van der Waals surface area (Å²) >= 11 is 0. The largest absolute Gasteiger partial charge is 0.489 e. The van der Waals surface area contributed by atoms with E-state index in [1.807, 2.05) is 32.0 Å². The van der Waals surface area contributed by atoms with Crippen LogP contribution in [0.4, 0.5) is 0 Å². The summed E-state index contributed by atoms with van der Waals surface area (Å²) in [7, 11) is 0. The summed E-state index contributed by atoms with van der Waals surface area (Å²) in [5.74, 6) is 0.463. The maximum Gasteiger partial charge on any atom is 0.248 e. The highest BCUT2D eigenvalue weighted by Crippen LogP contribution is 2.40. The van der Waals surface area contributed by atoms with E-state index >= 15 is 0 Å². The van der Waals surface area contributed by atoms with Gasteiger partial charge in [-0.3, -0.25) is 9.79 Å². The molecule has 1 amide bonds. The molecule has 0 radical (unpaired) electrons. The molecule has 1 aromatic rings. The van der Waals surface area contributed by atoms with E-state index in [4.69, 9.17) is 14.6 Å². The first kappa shape index (κ1) is 38.6. The Morgan fingerprint density at radius 2 is 1.80 bits per heavy atom. The topological polar surface area (TPSA) is 110 Å². The monoisotopic (exact) mass is 635 g/mol. The van der Waals surface area contributed by atoms with E-state index in [1.54, 1.807) is 11.1 Å². The molecule has 9 nitrogen and oxygen atoms in total. The molecule has 0 spiro atoms. The molecule has 1 aromatic carbocycles. The number of hydrogen-bond donors (Lipinski definition) is 2. The summed E-state index contributed by atoms with van der Waals surface area (Å²) in [5.41, 5.74) is 5.62. The summed E-state index contributed by atoms with van der Waals surface area (Å²) in [6, 6.07) is 8.38. The first-order valence-electron chi connectivity index (χ1n) is 16.7. The van der Waals surface area contributed by atoms with Gasteiger partial charge in [0.2, 0.25) is 5.91 Å². The van der Waals surface area contributed by atoms with Crippen LogP contribution in [0.5, 0.6) is 5.75 Å². The molecule has 0 aromatic heterocycles. The molecule has 3 heterocycles. The van der Waals surface area contributed by atoms with Gasteiger partial charge in [0.1, 0.15) is 24.5 Å². The van der Waals surface area contributed by atoms with Crippen LogP contribution in [0.1, 0.15) is 92.2 Å². The van der Waals surface area contributed by atoms with E-state index in [9.17, 15) is 10.1 Å². The number of benzene rings is 1. The van der Waals surface area contributed by atoms with Crippen LogP contribution < -0.4 is 10.1 Å². The average Bonchev–Trinajstić information content (AvgIpc) is 3.06. The molecule has 9 heteroatoms. The van der Waals surface area contributed by atoms with Crippen molar-refractivity contribution in [3.05, 3.63) is 58.9 Å². The molecule has 2 N–H and O–H groups in total. The molecular weight excluding hydrogens is 578 g/mol. The van der Waals surface area contributed by atoms with Crippen LogP contribution in [-0.4, -0.2) is 85.2 Å². The Balaban J connectivity index is 0.000000362. The Kier molecular flexibility index (Phi) is 16.1. The summed E-state index contributed by atoms with van der Waals surface area (Å²) in [5, 5.41) is 21.9. The predicted octanol–water partition coefficient (Wildman–Crippen LogP) is 6.30. The lowest BCUT2D eigenvalue weighted by Crippen LogP contribution is -2.48. The fourth-order valence-corrected chi connectivity index (χ4v) is 5.37. The van der Waals surface area contributed by atoms with Crippen LogP contribution in [0, 0.1) is 16.7 Å². The van der Waals surface area contributed by atoms with Gasteiger partial charge in [0, 0.05) is 73.8 Å². The second kappa shape index (κ2) is 19.1. The van der Waals surface area contributed by atoms with Gasteiger partial charge in [-0.2, -0.15) is 5.26 Å². The van der Waals surface area contributed by atoms with Gasteiger partial charge in [-0.05, 0) is 57.7 Å². The number of allylic oxidation sites excluding steroid dienone is 3. The van der Waals surface area contributed by atoms with Crippen molar-refractivity contribution in [2.45, 2.75) is 93.2 Å². The molecule has 46 heavy (non-hydrogen) atoms. The third-order valence-electron chi connectivity index (χ3n) is 8.62. The van der Waals surface area contributed by atoms with Gasteiger partial charge in [0.15, 0.2) is 0 Å². The van der Waals surface area contributed by atoms with E-state index in [2.05, 4.69) is 75.5 Å². The number of nitrogens with zero attached hydrogens (tertiary/aromatic N) is 4. The lowest BCUT2D eigenvalue weighted by molar-refractivity contribution is -0.135. The third kappa shape index (κ3) is 11.0. The lowest BCUT2D eigenvalue weighted by atomic mass is 9.74. The number of carbonyl (C=O) groups excluding carboxylic acids is 1. The fourth-order valence-electron chi connectivity index (χ4n) is 5.37. The molecular formula is C37H57N5O4. The summed E-state index contributed by atoms with van der Waals surface area (Å²) in [6.45, 7) is 25.3. The number of piperazine rings is 1. The van der Waals surface area contributed by atoms with Crippen LogP contribution in [-0.2, 0) is 9.53 Å². The summed E-state index contributed by atoms with van der Waals surface area (Å²) < 4.78 is 11.5. The summed E-state index contributed by atoms with van der Waals surface area (Å²) in [4.78, 5) is 19.8. The maximum absolute atomic E-state index is 11.2. The van der Waals surface area contributed by atoms with Crippen LogP contribution in [0.2, 0.25) is 0 Å². The minimum absolute atomic E-state index is 0.0786. The van der Waals surface area contributed by atoms with Gasteiger partial charge < -0.3 is 29.7 Å². The Labute approximate surface area is 277 Å². The van der Waals surface area contributed by atoms with Crippen molar-refractivity contribution in [1.29, 1.82) is 5.26 Å². The van der Waals surface area contributed by atoms with E-state index < -0.39 is 0 Å². The molecule has 3 fully saturated rings. The Morgan fingerprint density at radius 1 is 1.20 bits per heavy atom. The molecule has 4 rings (SSSR count). The normalized spacial score (nSPS) is 21.3. The first-order valence-corrected chi connectivity index (χ1v) is 16.7. The average molecular weight is 636 g/mol. The smallest absolute Gasteiger partial charge is 0.248 e. The third-order valence-corrected chi connectivity index (χ3v) is 8.62. The molecule has 254 valence electrons. The zero-order valence-electron chi connectivity index (χ0n) is 29.5. The van der Waals surface area contributed by atoms with Gasteiger partial charge in [-0.25, -0.2) is 0 Å². The number of nitriles is 1. The van der Waals surface area contributed by atoms with Gasteiger partial charge in [0.05, 0.1) is 24.5 Å². The zero-order valence-corrected chi connectivity index (χ0v) is 29.5. The predicted molar refractivity (Wildman–Crippen MR) is 187 cm³/mol. The Bertz CT molecular complexity index is 1280. The highest BCUT2D eigenvalue weighted by Gasteiger charge is 2.34. The second-order valence-corrected chi connectivity index (χ2v) is 12.6. The molecule has 1 atom stereocenters. The van der Waals surface area contributed by atoms with Crippen LogP contribution >= 0.6 is 0 Å². The highest BCUT2D eigenvalue weighted by atomic mass is 16.5. The quantitative estimate of drug-likeness (QED) is 0.353. The van der Waals surface area contributed by atoms with E-state index in [-0.39, 0.29) is 24.0 Å². The van der Waals surface area contributed by atoms with Crippen LogP contribution in [0.15, 0.2) is 52.8 Å².